The molecule has 3 nitrogen and oxygen atoms in total. The molecule has 0 bridgehead atoms. The summed E-state index contributed by atoms with van der Waals surface area (Å²) in [6.45, 7) is 7.50. The molecule has 106 valence electrons. The fourth-order valence-corrected chi connectivity index (χ4v) is 3.10. The predicted molar refractivity (Wildman–Crippen MR) is 79.5 cm³/mol. The zero-order valence-electron chi connectivity index (χ0n) is 11.7. The number of rotatable bonds is 5. The van der Waals surface area contributed by atoms with Crippen molar-refractivity contribution < 1.29 is 9.84 Å². The lowest BCUT2D eigenvalue weighted by molar-refractivity contribution is -0.0265. The minimum Gasteiger partial charge on any atom is -0.392 e. The Morgan fingerprint density at radius 1 is 1.37 bits per heavy atom. The number of benzene rings is 1. The van der Waals surface area contributed by atoms with Crippen molar-refractivity contribution in [1.82, 2.24) is 4.90 Å². The van der Waals surface area contributed by atoms with E-state index in [0.717, 1.165) is 31.0 Å². The third-order valence-corrected chi connectivity index (χ3v) is 4.59. The molecule has 0 aromatic heterocycles. The molecular formula is C15H23NO2S. The molecule has 1 heterocycles. The van der Waals surface area contributed by atoms with Crippen LogP contribution in [0.3, 0.4) is 0 Å². The molecule has 4 heteroatoms. The minimum absolute atomic E-state index is 0.111. The molecule has 0 spiro atoms. The van der Waals surface area contributed by atoms with Gasteiger partial charge in [0, 0.05) is 29.8 Å². The summed E-state index contributed by atoms with van der Waals surface area (Å²) in [4.78, 5) is 3.71. The van der Waals surface area contributed by atoms with Crippen LogP contribution in [0.1, 0.15) is 19.4 Å². The second-order valence-corrected chi connectivity index (χ2v) is 6.29. The lowest BCUT2D eigenvalue weighted by atomic mass is 10.2. The van der Waals surface area contributed by atoms with Crippen LogP contribution in [-0.2, 0) is 11.3 Å². The molecule has 0 radical (unpaired) electrons. The van der Waals surface area contributed by atoms with Crippen molar-refractivity contribution in [3.63, 3.8) is 0 Å². The van der Waals surface area contributed by atoms with Crippen LogP contribution in [0.5, 0.6) is 0 Å². The molecule has 0 saturated carbocycles. The summed E-state index contributed by atoms with van der Waals surface area (Å²) >= 11 is 1.83. The van der Waals surface area contributed by atoms with Crippen LogP contribution in [0.25, 0.3) is 0 Å². The normalized spacial score (nSPS) is 20.9. The van der Waals surface area contributed by atoms with Crippen molar-refractivity contribution in [1.29, 1.82) is 0 Å². The number of aliphatic hydroxyl groups is 1. The summed E-state index contributed by atoms with van der Waals surface area (Å²) in [6.07, 6.45) is 0.318. The van der Waals surface area contributed by atoms with Crippen LogP contribution >= 0.6 is 11.8 Å². The average Bonchev–Trinajstić information content (AvgIpc) is 2.46. The Morgan fingerprint density at radius 3 is 2.74 bits per heavy atom. The number of hydrogen-bond donors (Lipinski definition) is 1. The number of thioether (sulfide) groups is 1. The van der Waals surface area contributed by atoms with Crippen molar-refractivity contribution >= 4 is 11.8 Å². The molecule has 1 aromatic rings. The first-order valence-corrected chi connectivity index (χ1v) is 7.86. The summed E-state index contributed by atoms with van der Waals surface area (Å²) in [6, 6.07) is 8.69. The maximum absolute atomic E-state index is 9.01. The van der Waals surface area contributed by atoms with Gasteiger partial charge in [-0.2, -0.15) is 0 Å². The fourth-order valence-electron chi connectivity index (χ4n) is 2.19. The molecule has 1 aliphatic rings. The highest BCUT2D eigenvalue weighted by Crippen LogP contribution is 2.22. The van der Waals surface area contributed by atoms with Gasteiger partial charge in [-0.15, -0.1) is 11.8 Å². The largest absolute Gasteiger partial charge is 0.392 e. The van der Waals surface area contributed by atoms with E-state index in [9.17, 15) is 0 Å². The lowest BCUT2D eigenvalue weighted by Gasteiger charge is -2.35. The van der Waals surface area contributed by atoms with E-state index in [1.165, 1.54) is 4.90 Å². The molecule has 1 N–H and O–H groups in total. The van der Waals surface area contributed by atoms with Gasteiger partial charge in [-0.05, 0) is 31.5 Å². The van der Waals surface area contributed by atoms with E-state index >= 15 is 0 Å². The van der Waals surface area contributed by atoms with Gasteiger partial charge in [-0.25, -0.2) is 0 Å². The highest BCUT2D eigenvalue weighted by molar-refractivity contribution is 7.99. The van der Waals surface area contributed by atoms with Gasteiger partial charge in [0.15, 0.2) is 0 Å². The van der Waals surface area contributed by atoms with Crippen LogP contribution in [0.15, 0.2) is 29.2 Å². The Labute approximate surface area is 120 Å². The highest BCUT2D eigenvalue weighted by Gasteiger charge is 2.22. The average molecular weight is 281 g/mol. The summed E-state index contributed by atoms with van der Waals surface area (Å²) in [5, 5.41) is 9.01. The second-order valence-electron chi connectivity index (χ2n) is 5.19. The molecule has 2 rings (SSSR count). The van der Waals surface area contributed by atoms with Gasteiger partial charge in [0.25, 0.3) is 0 Å². The van der Waals surface area contributed by atoms with E-state index in [4.69, 9.17) is 9.84 Å². The van der Waals surface area contributed by atoms with Crippen LogP contribution in [-0.4, -0.2) is 47.6 Å². The van der Waals surface area contributed by atoms with Gasteiger partial charge in [0.1, 0.15) is 0 Å². The summed E-state index contributed by atoms with van der Waals surface area (Å²) < 4.78 is 5.82. The van der Waals surface area contributed by atoms with Gasteiger partial charge < -0.3 is 9.84 Å². The summed E-state index contributed by atoms with van der Waals surface area (Å²) in [5.41, 5.74) is 0.962. The SMILES string of the molecule is CC(C)N1CCOC(CSc2ccc(CO)cc2)C1. The molecule has 1 fully saturated rings. The van der Waals surface area contributed by atoms with E-state index < -0.39 is 0 Å². The first kappa shape index (κ1) is 14.9. The number of morpholine rings is 1. The van der Waals surface area contributed by atoms with E-state index in [0.29, 0.717) is 12.1 Å². The molecule has 1 aromatic carbocycles. The zero-order valence-corrected chi connectivity index (χ0v) is 12.5. The topological polar surface area (TPSA) is 32.7 Å². The van der Waals surface area contributed by atoms with Gasteiger partial charge >= 0.3 is 0 Å². The monoisotopic (exact) mass is 281 g/mol. The molecule has 0 amide bonds. The number of aliphatic hydroxyl groups excluding tert-OH is 1. The Morgan fingerprint density at radius 2 is 2.11 bits per heavy atom. The smallest absolute Gasteiger partial charge is 0.0796 e. The summed E-state index contributed by atoms with van der Waals surface area (Å²) in [5.74, 6) is 0.988. The number of nitrogens with zero attached hydrogens (tertiary/aromatic N) is 1. The first-order chi connectivity index (χ1) is 9.19. The summed E-state index contributed by atoms with van der Waals surface area (Å²) in [7, 11) is 0. The maximum Gasteiger partial charge on any atom is 0.0796 e. The van der Waals surface area contributed by atoms with E-state index in [1.807, 2.05) is 23.9 Å². The van der Waals surface area contributed by atoms with Gasteiger partial charge in [0.05, 0.1) is 19.3 Å². The van der Waals surface area contributed by atoms with Crippen LogP contribution in [0.2, 0.25) is 0 Å². The molecule has 1 unspecified atom stereocenters. The Kier molecular flexibility index (Phi) is 5.70. The highest BCUT2D eigenvalue weighted by atomic mass is 32.2. The third-order valence-electron chi connectivity index (χ3n) is 3.44. The molecular weight excluding hydrogens is 258 g/mol. The van der Waals surface area contributed by atoms with Crippen LogP contribution in [0, 0.1) is 0 Å². The third kappa shape index (κ3) is 4.49. The maximum atomic E-state index is 9.01. The van der Waals surface area contributed by atoms with Crippen molar-refractivity contribution in [3.8, 4) is 0 Å². The Bertz CT molecular complexity index is 380. The molecule has 1 saturated heterocycles. The fraction of sp³-hybridized carbons (Fsp3) is 0.600. The molecule has 0 aliphatic carbocycles. The lowest BCUT2D eigenvalue weighted by Crippen LogP contribution is -2.46. The second kappa shape index (κ2) is 7.29. The van der Waals surface area contributed by atoms with E-state index in [1.54, 1.807) is 0 Å². The van der Waals surface area contributed by atoms with Gasteiger partial charge in [-0.3, -0.25) is 4.90 Å². The quantitative estimate of drug-likeness (QED) is 0.840. The van der Waals surface area contributed by atoms with Gasteiger partial charge in [-0.1, -0.05) is 12.1 Å². The first-order valence-electron chi connectivity index (χ1n) is 6.87. The standard InChI is InChI=1S/C15H23NO2S/c1-12(2)16-7-8-18-14(9-16)11-19-15-5-3-13(10-17)4-6-15/h3-6,12,14,17H,7-11H2,1-2H3. The zero-order chi connectivity index (χ0) is 13.7. The van der Waals surface area contributed by atoms with Crippen molar-refractivity contribution in [2.24, 2.45) is 0 Å². The Hall–Kier alpha value is -0.550. The predicted octanol–water partition coefficient (Wildman–Crippen LogP) is 2.38. The van der Waals surface area contributed by atoms with E-state index in [-0.39, 0.29) is 6.61 Å². The molecule has 19 heavy (non-hydrogen) atoms. The molecule has 1 aliphatic heterocycles. The van der Waals surface area contributed by atoms with Crippen molar-refractivity contribution in [2.75, 3.05) is 25.4 Å². The van der Waals surface area contributed by atoms with Crippen LogP contribution in [0.4, 0.5) is 0 Å². The number of ether oxygens (including phenoxy) is 1. The Balaban J connectivity index is 1.80. The minimum atomic E-state index is 0.111. The molecule has 1 atom stereocenters. The van der Waals surface area contributed by atoms with Crippen molar-refractivity contribution in [3.05, 3.63) is 29.8 Å². The van der Waals surface area contributed by atoms with E-state index in [2.05, 4.69) is 30.9 Å². The number of hydrogen-bond acceptors (Lipinski definition) is 4. The van der Waals surface area contributed by atoms with Crippen molar-refractivity contribution in [2.45, 2.75) is 37.5 Å². The van der Waals surface area contributed by atoms with Crippen LogP contribution < -0.4 is 0 Å². The van der Waals surface area contributed by atoms with Gasteiger partial charge in [0.2, 0.25) is 0 Å².